The summed E-state index contributed by atoms with van der Waals surface area (Å²) in [6.07, 6.45) is 17.0. The number of hydrogen-bond acceptors (Lipinski definition) is 3. The molecule has 1 N–H and O–H groups in total. The van der Waals surface area contributed by atoms with E-state index in [1.54, 1.807) is 0 Å². The number of terminal acetylenes is 1. The SMILES string of the molecule is C#C[C@]1(O)CC[C@H]2[C@@H]3CCC4=CC(=O)CCC4=C3[C@@H](c3ccc(C(=O)N4CCCCC4)cc3)C[C@@]21C. The maximum absolute atomic E-state index is 13.1. The van der Waals surface area contributed by atoms with Crippen molar-refractivity contribution in [1.29, 1.82) is 0 Å². The average molecular weight is 484 g/mol. The Morgan fingerprint density at radius 2 is 1.83 bits per heavy atom. The van der Waals surface area contributed by atoms with E-state index in [4.69, 9.17) is 6.42 Å². The summed E-state index contributed by atoms with van der Waals surface area (Å²) < 4.78 is 0. The van der Waals surface area contributed by atoms with Crippen molar-refractivity contribution >= 4 is 11.7 Å². The molecule has 1 aliphatic heterocycles. The molecule has 1 aromatic carbocycles. The van der Waals surface area contributed by atoms with E-state index in [9.17, 15) is 14.7 Å². The number of hydrogen-bond donors (Lipinski definition) is 1. The second kappa shape index (κ2) is 8.73. The monoisotopic (exact) mass is 483 g/mol. The Hall–Kier alpha value is -2.64. The van der Waals surface area contributed by atoms with Gasteiger partial charge in [-0.05, 0) is 105 Å². The highest BCUT2D eigenvalue weighted by molar-refractivity contribution is 5.94. The number of carbonyl (C=O) groups excluding carboxylic acids is 2. The molecule has 5 atom stereocenters. The number of aliphatic hydroxyl groups is 1. The lowest BCUT2D eigenvalue weighted by Gasteiger charge is -2.53. The van der Waals surface area contributed by atoms with Crippen LogP contribution < -0.4 is 0 Å². The molecule has 4 aliphatic carbocycles. The molecule has 1 aromatic rings. The van der Waals surface area contributed by atoms with Crippen LogP contribution in [-0.4, -0.2) is 40.4 Å². The van der Waals surface area contributed by atoms with Crippen LogP contribution in [0.1, 0.15) is 93.0 Å². The summed E-state index contributed by atoms with van der Waals surface area (Å²) in [4.78, 5) is 27.3. The van der Waals surface area contributed by atoms with E-state index in [1.165, 1.54) is 28.7 Å². The van der Waals surface area contributed by atoms with Crippen LogP contribution in [0.3, 0.4) is 0 Å². The predicted molar refractivity (Wildman–Crippen MR) is 140 cm³/mol. The minimum Gasteiger partial charge on any atom is -0.377 e. The van der Waals surface area contributed by atoms with E-state index in [1.807, 2.05) is 23.1 Å². The van der Waals surface area contributed by atoms with Gasteiger partial charge in [-0.2, -0.15) is 0 Å². The number of piperidine rings is 1. The maximum atomic E-state index is 13.1. The van der Waals surface area contributed by atoms with Crippen molar-refractivity contribution in [2.24, 2.45) is 17.3 Å². The molecule has 1 heterocycles. The molecule has 0 spiro atoms. The van der Waals surface area contributed by atoms with Gasteiger partial charge < -0.3 is 10.0 Å². The zero-order chi connectivity index (χ0) is 25.1. The highest BCUT2D eigenvalue weighted by atomic mass is 16.3. The first-order valence-electron chi connectivity index (χ1n) is 13.9. The van der Waals surface area contributed by atoms with E-state index in [0.29, 0.717) is 24.7 Å². The predicted octanol–water partition coefficient (Wildman–Crippen LogP) is 5.58. The molecule has 0 radical (unpaired) electrons. The van der Waals surface area contributed by atoms with Gasteiger partial charge in [0, 0.05) is 36.4 Å². The number of nitrogens with zero attached hydrogens (tertiary/aromatic N) is 1. The number of likely N-dealkylation sites (tertiary alicyclic amines) is 1. The van der Waals surface area contributed by atoms with Gasteiger partial charge in [-0.15, -0.1) is 6.42 Å². The summed E-state index contributed by atoms with van der Waals surface area (Å²) in [6, 6.07) is 8.25. The third kappa shape index (κ3) is 3.54. The quantitative estimate of drug-likeness (QED) is 0.559. The summed E-state index contributed by atoms with van der Waals surface area (Å²) in [5.74, 6) is 4.05. The molecule has 3 fully saturated rings. The fourth-order valence-corrected chi connectivity index (χ4v) is 8.34. The van der Waals surface area contributed by atoms with Gasteiger partial charge in [0.2, 0.25) is 0 Å². The van der Waals surface area contributed by atoms with Gasteiger partial charge in [-0.25, -0.2) is 0 Å². The Morgan fingerprint density at radius 1 is 1.08 bits per heavy atom. The zero-order valence-corrected chi connectivity index (χ0v) is 21.4. The van der Waals surface area contributed by atoms with Gasteiger partial charge in [-0.1, -0.05) is 30.6 Å². The summed E-state index contributed by atoms with van der Waals surface area (Å²) in [5.41, 5.74) is 4.61. The highest BCUT2D eigenvalue weighted by Crippen LogP contribution is 2.66. The lowest BCUT2D eigenvalue weighted by molar-refractivity contribution is -0.114. The number of amides is 1. The van der Waals surface area contributed by atoms with Crippen LogP contribution in [0.4, 0.5) is 0 Å². The molecule has 4 heteroatoms. The van der Waals surface area contributed by atoms with Crippen LogP contribution in [-0.2, 0) is 4.79 Å². The Morgan fingerprint density at radius 3 is 2.56 bits per heavy atom. The topological polar surface area (TPSA) is 57.6 Å². The molecule has 0 bridgehead atoms. The van der Waals surface area contributed by atoms with Crippen molar-refractivity contribution < 1.29 is 14.7 Å². The Labute approximate surface area is 214 Å². The Balaban J connectivity index is 1.41. The first kappa shape index (κ1) is 23.7. The molecule has 0 aromatic heterocycles. The summed E-state index contributed by atoms with van der Waals surface area (Å²) in [7, 11) is 0. The van der Waals surface area contributed by atoms with Crippen LogP contribution in [0.25, 0.3) is 0 Å². The van der Waals surface area contributed by atoms with Crippen molar-refractivity contribution in [3.63, 3.8) is 0 Å². The van der Waals surface area contributed by atoms with Crippen LogP contribution in [0.5, 0.6) is 0 Å². The van der Waals surface area contributed by atoms with Crippen LogP contribution in [0.15, 0.2) is 47.1 Å². The third-order valence-corrected chi connectivity index (χ3v) is 10.3. The fraction of sp³-hybridized carbons (Fsp3) is 0.562. The molecule has 0 unspecified atom stereocenters. The van der Waals surface area contributed by atoms with Gasteiger partial charge in [0.15, 0.2) is 5.78 Å². The maximum Gasteiger partial charge on any atom is 0.253 e. The van der Waals surface area contributed by atoms with Crippen molar-refractivity contribution in [2.45, 2.75) is 82.7 Å². The van der Waals surface area contributed by atoms with Crippen LogP contribution in [0, 0.1) is 29.6 Å². The molecule has 1 saturated heterocycles. The van der Waals surface area contributed by atoms with Crippen molar-refractivity contribution in [1.82, 2.24) is 4.90 Å². The average Bonchev–Trinajstić information content (AvgIpc) is 3.18. The van der Waals surface area contributed by atoms with Gasteiger partial charge in [0.25, 0.3) is 5.91 Å². The minimum absolute atomic E-state index is 0.128. The molecule has 2 saturated carbocycles. The van der Waals surface area contributed by atoms with Crippen molar-refractivity contribution in [2.75, 3.05) is 13.1 Å². The van der Waals surface area contributed by atoms with Gasteiger partial charge >= 0.3 is 0 Å². The summed E-state index contributed by atoms with van der Waals surface area (Å²) in [6.45, 7) is 3.90. The number of fused-ring (bicyclic) bond motifs is 4. The first-order valence-corrected chi connectivity index (χ1v) is 13.9. The normalized spacial score (nSPS) is 35.9. The van der Waals surface area contributed by atoms with Gasteiger partial charge in [0.05, 0.1) is 0 Å². The zero-order valence-electron chi connectivity index (χ0n) is 21.4. The Bertz CT molecular complexity index is 1190. The lowest BCUT2D eigenvalue weighted by Crippen LogP contribution is -2.51. The van der Waals surface area contributed by atoms with Crippen LogP contribution >= 0.6 is 0 Å². The van der Waals surface area contributed by atoms with E-state index in [0.717, 1.165) is 63.6 Å². The summed E-state index contributed by atoms with van der Waals surface area (Å²) >= 11 is 0. The number of allylic oxidation sites excluding steroid dienone is 4. The van der Waals surface area contributed by atoms with Crippen molar-refractivity contribution in [3.05, 3.63) is 58.2 Å². The molecule has 1 amide bonds. The highest BCUT2D eigenvalue weighted by Gasteiger charge is 2.62. The molecule has 36 heavy (non-hydrogen) atoms. The molecular weight excluding hydrogens is 446 g/mol. The van der Waals surface area contributed by atoms with Gasteiger partial charge in [0.1, 0.15) is 5.60 Å². The van der Waals surface area contributed by atoms with E-state index < -0.39 is 5.60 Å². The molecule has 6 rings (SSSR count). The van der Waals surface area contributed by atoms with E-state index >= 15 is 0 Å². The van der Waals surface area contributed by atoms with Gasteiger partial charge in [-0.3, -0.25) is 9.59 Å². The minimum atomic E-state index is -1.09. The molecule has 4 nitrogen and oxygen atoms in total. The second-order valence-electron chi connectivity index (χ2n) is 12.0. The second-order valence-corrected chi connectivity index (χ2v) is 12.0. The first-order chi connectivity index (χ1) is 17.3. The number of ketones is 1. The molecule has 5 aliphatic rings. The summed E-state index contributed by atoms with van der Waals surface area (Å²) in [5, 5.41) is 11.6. The molecule has 188 valence electrons. The van der Waals surface area contributed by atoms with E-state index in [2.05, 4.69) is 25.0 Å². The smallest absolute Gasteiger partial charge is 0.253 e. The van der Waals surface area contributed by atoms with Crippen LogP contribution in [0.2, 0.25) is 0 Å². The number of benzene rings is 1. The number of rotatable bonds is 2. The largest absolute Gasteiger partial charge is 0.377 e. The fourth-order valence-electron chi connectivity index (χ4n) is 8.34. The standard InChI is InChI=1S/C32H37NO3/c1-3-32(36)16-15-28-26-13-11-23-19-24(34)12-14-25(23)29(26)27(20-31(28,32)2)21-7-9-22(10-8-21)30(35)33-17-5-4-6-18-33/h1,7-10,19,26-28,36H,4-6,11-18,20H2,2H3/t26-,27+,28-,31-,32-/m0/s1. The van der Waals surface area contributed by atoms with E-state index in [-0.39, 0.29) is 23.0 Å². The lowest BCUT2D eigenvalue weighted by atomic mass is 9.51. The molecular formula is C32H37NO3. The Kier molecular flexibility index (Phi) is 5.76. The third-order valence-electron chi connectivity index (χ3n) is 10.3. The number of carbonyl (C=O) groups is 2. The van der Waals surface area contributed by atoms with Crippen molar-refractivity contribution in [3.8, 4) is 12.3 Å².